The van der Waals surface area contributed by atoms with Crippen LogP contribution in [0.15, 0.2) is 262 Å². The van der Waals surface area contributed by atoms with Gasteiger partial charge in [-0.1, -0.05) is 185 Å². The van der Waals surface area contributed by atoms with Crippen LogP contribution in [-0.4, -0.2) is 0 Å². The highest BCUT2D eigenvalue weighted by molar-refractivity contribution is 5.95. The molecule has 12 aromatic carbocycles. The normalized spacial score (nSPS) is 16.0. The number of nitrogens with zero attached hydrogens (tertiary/aromatic N) is 1. The monoisotopic (exact) mass is 1190 g/mol. The van der Waals surface area contributed by atoms with Gasteiger partial charge in [-0.25, -0.2) is 26.3 Å². The lowest BCUT2D eigenvalue weighted by Crippen LogP contribution is -2.31. The highest BCUT2D eigenvalue weighted by Crippen LogP contribution is 2.62. The average Bonchev–Trinajstić information content (AvgIpc) is 1.52. The second-order valence-corrected chi connectivity index (χ2v) is 23.5. The number of rotatable bonds is 13. The van der Waals surface area contributed by atoms with Gasteiger partial charge in [-0.3, -0.25) is 0 Å². The van der Waals surface area contributed by atoms with Gasteiger partial charge in [0.05, 0.1) is 16.5 Å². The maximum atomic E-state index is 17.5. The van der Waals surface area contributed by atoms with Crippen LogP contribution < -0.4 is 14.4 Å². The van der Waals surface area contributed by atoms with Gasteiger partial charge in [0.15, 0.2) is 23.3 Å². The third-order valence-electron chi connectivity index (χ3n) is 18.5. The molecule has 2 unspecified atom stereocenters. The van der Waals surface area contributed by atoms with E-state index in [1.807, 2.05) is 176 Å². The Morgan fingerprint density at radius 2 is 0.678 bits per heavy atom. The highest BCUT2D eigenvalue weighted by Gasteiger charge is 2.51. The molecule has 0 aromatic heterocycles. The number of anilines is 3. The third-order valence-corrected chi connectivity index (χ3v) is 18.5. The fraction of sp³-hybridized carbons (Fsp3) is 0.0617. The summed E-state index contributed by atoms with van der Waals surface area (Å²) < 4.78 is 111. The van der Waals surface area contributed by atoms with Crippen molar-refractivity contribution in [3.8, 4) is 56.4 Å². The van der Waals surface area contributed by atoms with Gasteiger partial charge in [0.1, 0.15) is 34.6 Å². The van der Waals surface area contributed by atoms with Crippen molar-refractivity contribution in [3.63, 3.8) is 0 Å². The van der Waals surface area contributed by atoms with Crippen LogP contribution in [0.1, 0.15) is 80.6 Å². The minimum absolute atomic E-state index is 0.113. The molecule has 12 aromatic rings. The largest absolute Gasteiger partial charge is 0.457 e. The molecule has 0 heterocycles. The first-order chi connectivity index (χ1) is 43.7. The number of fused-ring (bicyclic) bond motifs is 9. The topological polar surface area (TPSA) is 21.7 Å². The van der Waals surface area contributed by atoms with Crippen LogP contribution in [0.5, 0.6) is 23.0 Å². The predicted molar refractivity (Wildman–Crippen MR) is 346 cm³/mol. The van der Waals surface area contributed by atoms with Gasteiger partial charge in [0.25, 0.3) is 0 Å². The molecule has 0 saturated heterocycles. The van der Waals surface area contributed by atoms with Gasteiger partial charge in [-0.05, 0) is 180 Å². The van der Waals surface area contributed by atoms with E-state index in [-0.39, 0.29) is 11.1 Å². The Morgan fingerprint density at radius 1 is 0.322 bits per heavy atom. The van der Waals surface area contributed by atoms with Crippen LogP contribution in [0.3, 0.4) is 0 Å². The van der Waals surface area contributed by atoms with Crippen molar-refractivity contribution in [1.82, 2.24) is 0 Å². The minimum Gasteiger partial charge on any atom is -0.457 e. The maximum absolute atomic E-state index is 17.5. The molecular formula is C81H53F6NO2. The van der Waals surface area contributed by atoms with Gasteiger partial charge in [0, 0.05) is 40.0 Å². The smallest absolute Gasteiger partial charge is 0.161 e. The molecule has 0 spiro atoms. The summed E-state index contributed by atoms with van der Waals surface area (Å²) in [6.07, 6.45) is 3.48. The van der Waals surface area contributed by atoms with Crippen molar-refractivity contribution in [2.75, 3.05) is 4.90 Å². The molecule has 90 heavy (non-hydrogen) atoms. The standard InChI is InChI=1S/C81H53F6NO2/c1-5-48-22-32-54(33-23-48)89-56-36-26-50(27-37-56)80(69-44-73(84)75(86)46-71(69)82)65-19-11-8-14-58(65)61-40-30-52(42-67(61)80)88(77-21-13-17-63-60-16-7-10-18-64(60)79(3,4)78(63)77)53-31-41-62-59-15-9-12-20-66(59)81(68(62)43-53,70-45-74(85)76(87)47-72(70)83)51-28-38-57(39-29-51)90-55-34-24-49(6-2)25-35-55/h5-47H,1-2H2,3-4H3. The van der Waals surface area contributed by atoms with E-state index in [0.717, 1.165) is 73.5 Å². The second-order valence-electron chi connectivity index (χ2n) is 23.5. The molecule has 15 rings (SSSR count). The number of hydrogen-bond donors (Lipinski definition) is 0. The van der Waals surface area contributed by atoms with Gasteiger partial charge in [0.2, 0.25) is 0 Å². The van der Waals surface area contributed by atoms with Gasteiger partial charge in [-0.15, -0.1) is 0 Å². The molecule has 436 valence electrons. The van der Waals surface area contributed by atoms with E-state index >= 15 is 26.3 Å². The summed E-state index contributed by atoms with van der Waals surface area (Å²) in [5.41, 5.74) is 10.4. The van der Waals surface area contributed by atoms with Crippen molar-refractivity contribution in [3.05, 3.63) is 364 Å². The Bertz CT molecular complexity index is 4660. The first kappa shape index (κ1) is 55.7. The van der Waals surface area contributed by atoms with Crippen molar-refractivity contribution in [2.45, 2.75) is 30.1 Å². The molecular weight excluding hydrogens is 1130 g/mol. The summed E-state index contributed by atoms with van der Waals surface area (Å²) in [7, 11) is 0. The lowest BCUT2D eigenvalue weighted by atomic mass is 9.67. The Hall–Kier alpha value is -10.9. The second kappa shape index (κ2) is 21.2. The fourth-order valence-electron chi connectivity index (χ4n) is 14.5. The van der Waals surface area contributed by atoms with Gasteiger partial charge in [-0.2, -0.15) is 0 Å². The summed E-state index contributed by atoms with van der Waals surface area (Å²) in [6, 6.07) is 74.2. The SMILES string of the molecule is C=Cc1ccc(Oc2ccc(C3(c4cc(F)c(F)cc4F)c4ccccc4-c4ccc(N(c5ccc6c(c5)C(c5ccc(Oc7ccc(C=C)cc7)cc5)(c5cc(F)c(F)cc5F)c5ccccc5-6)c5cccc6c5C(C)(C)c5ccccc5-6)cc43)cc2)cc1. The van der Waals surface area contributed by atoms with Crippen LogP contribution >= 0.6 is 0 Å². The zero-order valence-corrected chi connectivity index (χ0v) is 48.8. The van der Waals surface area contributed by atoms with Gasteiger partial charge >= 0.3 is 0 Å². The number of hydrogen-bond acceptors (Lipinski definition) is 3. The molecule has 0 N–H and O–H groups in total. The lowest BCUT2D eigenvalue weighted by molar-refractivity contribution is 0.480. The molecule has 2 atom stereocenters. The molecule has 3 nitrogen and oxygen atoms in total. The van der Waals surface area contributed by atoms with Crippen molar-refractivity contribution in [2.24, 2.45) is 0 Å². The Kier molecular flexibility index (Phi) is 13.1. The highest BCUT2D eigenvalue weighted by atomic mass is 19.2. The minimum atomic E-state index is -1.62. The van der Waals surface area contributed by atoms with Crippen molar-refractivity contribution in [1.29, 1.82) is 0 Å². The first-order valence-corrected chi connectivity index (χ1v) is 29.6. The Morgan fingerprint density at radius 3 is 1.10 bits per heavy atom. The van der Waals surface area contributed by atoms with E-state index < -0.39 is 51.1 Å². The maximum Gasteiger partial charge on any atom is 0.161 e. The summed E-state index contributed by atoms with van der Waals surface area (Å²) in [4.78, 5) is 2.14. The summed E-state index contributed by atoms with van der Waals surface area (Å²) >= 11 is 0. The molecule has 0 bridgehead atoms. The van der Waals surface area contributed by atoms with Crippen LogP contribution in [0.25, 0.3) is 45.5 Å². The molecule has 3 aliphatic carbocycles. The first-order valence-electron chi connectivity index (χ1n) is 29.6. The van der Waals surface area contributed by atoms with E-state index in [2.05, 4.69) is 56.2 Å². The number of ether oxygens (including phenoxy) is 2. The van der Waals surface area contributed by atoms with Crippen molar-refractivity contribution < 1.29 is 35.8 Å². The van der Waals surface area contributed by atoms with E-state index in [9.17, 15) is 0 Å². The Balaban J connectivity index is 0.989. The van der Waals surface area contributed by atoms with Crippen LogP contribution in [-0.2, 0) is 16.2 Å². The molecule has 0 saturated carbocycles. The summed E-state index contributed by atoms with van der Waals surface area (Å²) in [5.74, 6) is -4.90. The molecule has 0 amide bonds. The molecule has 0 radical (unpaired) electrons. The quantitative estimate of drug-likeness (QED) is 0.0848. The average molecular weight is 1190 g/mol. The summed E-state index contributed by atoms with van der Waals surface area (Å²) in [5, 5.41) is 0. The van der Waals surface area contributed by atoms with Crippen LogP contribution in [0, 0.1) is 34.9 Å². The summed E-state index contributed by atoms with van der Waals surface area (Å²) in [6.45, 7) is 12.1. The Labute approximate surface area is 517 Å². The zero-order chi connectivity index (χ0) is 61.8. The molecule has 0 aliphatic heterocycles. The van der Waals surface area contributed by atoms with Crippen LogP contribution in [0.4, 0.5) is 43.4 Å². The van der Waals surface area contributed by atoms with Gasteiger partial charge < -0.3 is 14.4 Å². The number of halogens is 6. The number of benzene rings is 12. The molecule has 9 heteroatoms. The predicted octanol–water partition coefficient (Wildman–Crippen LogP) is 21.9. The van der Waals surface area contributed by atoms with Crippen LogP contribution in [0.2, 0.25) is 0 Å². The lowest BCUT2D eigenvalue weighted by Gasteiger charge is -2.37. The van der Waals surface area contributed by atoms with E-state index in [1.54, 1.807) is 36.4 Å². The fourth-order valence-corrected chi connectivity index (χ4v) is 14.5. The zero-order valence-electron chi connectivity index (χ0n) is 48.8. The van der Waals surface area contributed by atoms with E-state index in [1.165, 1.54) is 0 Å². The van der Waals surface area contributed by atoms with Crippen molar-refractivity contribution >= 4 is 29.2 Å². The van der Waals surface area contributed by atoms with E-state index in [4.69, 9.17) is 9.47 Å². The third kappa shape index (κ3) is 8.43. The van der Waals surface area contributed by atoms with E-state index in [0.29, 0.717) is 79.9 Å². The molecule has 0 fully saturated rings. The molecule has 3 aliphatic rings.